The van der Waals surface area contributed by atoms with Gasteiger partial charge < -0.3 is 5.11 Å². The summed E-state index contributed by atoms with van der Waals surface area (Å²) in [6.45, 7) is 9.52. The third-order valence-electron chi connectivity index (χ3n) is 6.00. The molecule has 4 atom stereocenters. The first-order valence-electron chi connectivity index (χ1n) is 8.05. The smallest absolute Gasteiger partial charge is 0.115 e. The van der Waals surface area contributed by atoms with Gasteiger partial charge in [-0.25, -0.2) is 0 Å². The highest BCUT2D eigenvalue weighted by Gasteiger charge is 2.48. The summed E-state index contributed by atoms with van der Waals surface area (Å²) in [4.78, 5) is 2.71. The molecule has 1 aliphatic carbocycles. The Morgan fingerprint density at radius 2 is 2.24 bits per heavy atom. The predicted octanol–water partition coefficient (Wildman–Crippen LogP) is 3.67. The number of fused-ring (bicyclic) bond motifs is 4. The van der Waals surface area contributed by atoms with E-state index in [1.54, 1.807) is 0 Å². The highest BCUT2D eigenvalue weighted by molar-refractivity contribution is 7.99. The second-order valence-corrected chi connectivity index (χ2v) is 8.39. The minimum atomic E-state index is 0.218. The van der Waals surface area contributed by atoms with Gasteiger partial charge in [-0.2, -0.15) is 11.8 Å². The Kier molecular flexibility index (Phi) is 4.00. The van der Waals surface area contributed by atoms with Crippen LogP contribution in [0.4, 0.5) is 0 Å². The number of hydrogen-bond acceptors (Lipinski definition) is 3. The fourth-order valence-electron chi connectivity index (χ4n) is 4.33. The number of benzene rings is 1. The molecule has 0 unspecified atom stereocenters. The van der Waals surface area contributed by atoms with Crippen molar-refractivity contribution >= 4 is 11.8 Å². The van der Waals surface area contributed by atoms with Gasteiger partial charge in [-0.3, -0.25) is 4.90 Å². The molecule has 0 spiro atoms. The van der Waals surface area contributed by atoms with Gasteiger partial charge in [0.2, 0.25) is 0 Å². The number of aromatic hydroxyl groups is 1. The second-order valence-electron chi connectivity index (χ2n) is 7.11. The van der Waals surface area contributed by atoms with E-state index >= 15 is 0 Å². The van der Waals surface area contributed by atoms with Gasteiger partial charge in [-0.15, -0.1) is 0 Å². The van der Waals surface area contributed by atoms with E-state index in [-0.39, 0.29) is 5.41 Å². The van der Waals surface area contributed by atoms with E-state index < -0.39 is 0 Å². The Morgan fingerprint density at radius 3 is 2.95 bits per heavy atom. The minimum absolute atomic E-state index is 0.218. The summed E-state index contributed by atoms with van der Waals surface area (Å²) in [5.74, 6) is 1.06. The summed E-state index contributed by atoms with van der Waals surface area (Å²) in [6, 6.07) is 6.66. The number of nitrogens with zero attached hydrogens (tertiary/aromatic N) is 1. The lowest BCUT2D eigenvalue weighted by molar-refractivity contribution is 0.0325. The quantitative estimate of drug-likeness (QED) is 0.922. The molecule has 2 nitrogen and oxygen atoms in total. The van der Waals surface area contributed by atoms with Crippen LogP contribution in [0.2, 0.25) is 0 Å². The number of rotatable bonds is 3. The molecular weight excluding hydrogens is 278 g/mol. The van der Waals surface area contributed by atoms with Gasteiger partial charge in [0.05, 0.1) is 0 Å². The fraction of sp³-hybridized carbons (Fsp3) is 0.667. The standard InChI is InChI=1S/C18H27NOS/c1-12(21-4)11-19-8-7-18(3)13(2)17(19)9-14-5-6-15(20)10-16(14)18/h5-6,10,12-13,17,20H,7-9,11H2,1-4H3/t12-,13-,17+,18-/m0/s1. The van der Waals surface area contributed by atoms with Crippen LogP contribution in [0.15, 0.2) is 18.2 Å². The van der Waals surface area contributed by atoms with Crippen LogP contribution >= 0.6 is 11.8 Å². The van der Waals surface area contributed by atoms with E-state index in [0.29, 0.717) is 23.0 Å². The first-order valence-corrected chi connectivity index (χ1v) is 9.33. The number of piperidine rings is 1. The predicted molar refractivity (Wildman–Crippen MR) is 91.3 cm³/mol. The van der Waals surface area contributed by atoms with Crippen molar-refractivity contribution in [1.29, 1.82) is 0 Å². The summed E-state index contributed by atoms with van der Waals surface area (Å²) < 4.78 is 0. The van der Waals surface area contributed by atoms with Crippen LogP contribution in [0, 0.1) is 5.92 Å². The van der Waals surface area contributed by atoms with Crippen molar-refractivity contribution in [2.24, 2.45) is 5.92 Å². The van der Waals surface area contributed by atoms with Crippen molar-refractivity contribution in [2.45, 2.75) is 50.3 Å². The van der Waals surface area contributed by atoms with Crippen molar-refractivity contribution in [1.82, 2.24) is 4.90 Å². The zero-order valence-electron chi connectivity index (χ0n) is 13.6. The fourth-order valence-corrected chi connectivity index (χ4v) is 4.67. The molecule has 1 heterocycles. The topological polar surface area (TPSA) is 23.5 Å². The van der Waals surface area contributed by atoms with Crippen LogP contribution in [0.1, 0.15) is 38.3 Å². The Bertz CT molecular complexity index is 532. The third-order valence-corrected chi connectivity index (χ3v) is 6.96. The molecule has 3 rings (SSSR count). The molecule has 1 N–H and O–H groups in total. The monoisotopic (exact) mass is 305 g/mol. The number of phenols is 1. The largest absolute Gasteiger partial charge is 0.508 e. The Morgan fingerprint density at radius 1 is 1.48 bits per heavy atom. The zero-order valence-corrected chi connectivity index (χ0v) is 14.4. The lowest BCUT2D eigenvalue weighted by atomic mass is 9.59. The van der Waals surface area contributed by atoms with Gasteiger partial charge in [0.15, 0.2) is 0 Å². The van der Waals surface area contributed by atoms with Crippen LogP contribution < -0.4 is 0 Å². The summed E-state index contributed by atoms with van der Waals surface area (Å²) in [7, 11) is 0. The van der Waals surface area contributed by atoms with Gasteiger partial charge in [-0.1, -0.05) is 26.8 Å². The lowest BCUT2D eigenvalue weighted by Gasteiger charge is -2.55. The molecule has 0 saturated carbocycles. The van der Waals surface area contributed by atoms with Gasteiger partial charge in [-0.05, 0) is 60.2 Å². The number of hydrogen-bond donors (Lipinski definition) is 1. The first kappa shape index (κ1) is 15.2. The van der Waals surface area contributed by atoms with Crippen LogP contribution in [-0.4, -0.2) is 40.6 Å². The van der Waals surface area contributed by atoms with Gasteiger partial charge in [0.1, 0.15) is 5.75 Å². The molecule has 1 aromatic rings. The van der Waals surface area contributed by atoms with Gasteiger partial charge >= 0.3 is 0 Å². The summed E-state index contributed by atoms with van der Waals surface area (Å²) >= 11 is 1.96. The maximum Gasteiger partial charge on any atom is 0.115 e. The molecule has 0 aromatic heterocycles. The number of thioether (sulfide) groups is 1. The van der Waals surface area contributed by atoms with Crippen molar-refractivity contribution in [3.8, 4) is 5.75 Å². The molecule has 1 saturated heterocycles. The normalized spacial score (nSPS) is 33.5. The summed E-state index contributed by atoms with van der Waals surface area (Å²) in [5, 5.41) is 10.6. The number of likely N-dealkylation sites (tertiary alicyclic amines) is 1. The van der Waals surface area contributed by atoms with E-state index in [4.69, 9.17) is 0 Å². The Labute approximate surface area is 132 Å². The lowest BCUT2D eigenvalue weighted by Crippen LogP contribution is -2.58. The maximum absolute atomic E-state index is 9.88. The average Bonchev–Trinajstić information content (AvgIpc) is 2.46. The Hall–Kier alpha value is -0.670. The molecule has 0 radical (unpaired) electrons. The van der Waals surface area contributed by atoms with Crippen LogP contribution in [-0.2, 0) is 11.8 Å². The molecule has 1 aromatic carbocycles. The van der Waals surface area contributed by atoms with Crippen molar-refractivity contribution in [3.63, 3.8) is 0 Å². The third kappa shape index (κ3) is 2.49. The van der Waals surface area contributed by atoms with Gasteiger partial charge in [0, 0.05) is 17.8 Å². The molecular formula is C18H27NOS. The molecule has 1 aliphatic heterocycles. The SMILES string of the molecule is CS[C@@H](C)CN1CC[C@]2(C)c3cc(O)ccc3C[C@@H]1[C@@H]2C. The van der Waals surface area contributed by atoms with E-state index in [1.165, 1.54) is 30.6 Å². The molecule has 116 valence electrons. The molecule has 1 fully saturated rings. The highest BCUT2D eigenvalue weighted by Crippen LogP contribution is 2.49. The maximum atomic E-state index is 9.88. The highest BCUT2D eigenvalue weighted by atomic mass is 32.2. The Balaban J connectivity index is 1.94. The molecule has 2 bridgehead atoms. The van der Waals surface area contributed by atoms with Crippen LogP contribution in [0.25, 0.3) is 0 Å². The van der Waals surface area contributed by atoms with E-state index in [0.717, 1.165) is 6.42 Å². The summed E-state index contributed by atoms with van der Waals surface area (Å²) in [5.41, 5.74) is 3.06. The average molecular weight is 305 g/mol. The van der Waals surface area contributed by atoms with Crippen molar-refractivity contribution < 1.29 is 5.11 Å². The first-order chi connectivity index (χ1) is 9.95. The van der Waals surface area contributed by atoms with E-state index in [1.807, 2.05) is 23.9 Å². The minimum Gasteiger partial charge on any atom is -0.508 e. The van der Waals surface area contributed by atoms with Crippen molar-refractivity contribution in [3.05, 3.63) is 29.3 Å². The molecule has 21 heavy (non-hydrogen) atoms. The van der Waals surface area contributed by atoms with E-state index in [9.17, 15) is 5.11 Å². The van der Waals surface area contributed by atoms with Gasteiger partial charge in [0.25, 0.3) is 0 Å². The van der Waals surface area contributed by atoms with Crippen LogP contribution in [0.3, 0.4) is 0 Å². The molecule has 2 aliphatic rings. The molecule has 3 heteroatoms. The van der Waals surface area contributed by atoms with Crippen LogP contribution in [0.5, 0.6) is 5.75 Å². The molecule has 0 amide bonds. The zero-order chi connectivity index (χ0) is 15.2. The second kappa shape index (κ2) is 5.51. The summed E-state index contributed by atoms with van der Waals surface area (Å²) in [6.07, 6.45) is 4.54. The van der Waals surface area contributed by atoms with E-state index in [2.05, 4.69) is 38.0 Å². The van der Waals surface area contributed by atoms with Crippen molar-refractivity contribution in [2.75, 3.05) is 19.3 Å². The number of phenolic OH excluding ortho intramolecular Hbond substituents is 1.